The standard InChI is InChI=1S/C12H21N3O/c1-5-6-13-11-10(4)12(15-8-14-11)16-7-9(2)3/h8-9H,5-7H2,1-4H3,(H,13,14,15). The quantitative estimate of drug-likeness (QED) is 0.805. The van der Waals surface area contributed by atoms with Gasteiger partial charge in [-0.3, -0.25) is 0 Å². The lowest BCUT2D eigenvalue weighted by Gasteiger charge is -2.12. The van der Waals surface area contributed by atoms with Crippen molar-refractivity contribution in [2.24, 2.45) is 5.92 Å². The molecule has 16 heavy (non-hydrogen) atoms. The molecular formula is C12H21N3O. The van der Waals surface area contributed by atoms with Crippen LogP contribution >= 0.6 is 0 Å². The largest absolute Gasteiger partial charge is 0.477 e. The highest BCUT2D eigenvalue weighted by Gasteiger charge is 2.07. The van der Waals surface area contributed by atoms with Crippen molar-refractivity contribution in [2.45, 2.75) is 34.1 Å². The molecule has 0 aromatic carbocycles. The zero-order valence-electron chi connectivity index (χ0n) is 10.6. The van der Waals surface area contributed by atoms with Crippen LogP contribution in [0.5, 0.6) is 5.88 Å². The first-order valence-corrected chi connectivity index (χ1v) is 5.83. The summed E-state index contributed by atoms with van der Waals surface area (Å²) in [5.74, 6) is 2.05. The van der Waals surface area contributed by atoms with Crippen molar-refractivity contribution >= 4 is 5.82 Å². The van der Waals surface area contributed by atoms with Crippen LogP contribution in [0.3, 0.4) is 0 Å². The van der Waals surface area contributed by atoms with E-state index in [1.165, 1.54) is 0 Å². The molecule has 0 radical (unpaired) electrons. The van der Waals surface area contributed by atoms with Crippen LogP contribution < -0.4 is 10.1 Å². The molecular weight excluding hydrogens is 202 g/mol. The minimum atomic E-state index is 0.501. The molecule has 1 heterocycles. The van der Waals surface area contributed by atoms with Gasteiger partial charge in [-0.1, -0.05) is 20.8 Å². The van der Waals surface area contributed by atoms with Crippen LogP contribution in [0.2, 0.25) is 0 Å². The molecule has 0 saturated heterocycles. The molecule has 1 aromatic heterocycles. The van der Waals surface area contributed by atoms with Crippen molar-refractivity contribution in [3.8, 4) is 5.88 Å². The van der Waals surface area contributed by atoms with Crippen molar-refractivity contribution in [1.29, 1.82) is 0 Å². The van der Waals surface area contributed by atoms with Crippen LogP contribution in [0.4, 0.5) is 5.82 Å². The van der Waals surface area contributed by atoms with E-state index in [-0.39, 0.29) is 0 Å². The lowest BCUT2D eigenvalue weighted by molar-refractivity contribution is 0.259. The van der Waals surface area contributed by atoms with Gasteiger partial charge in [0.15, 0.2) is 0 Å². The molecule has 0 aliphatic rings. The highest BCUT2D eigenvalue weighted by atomic mass is 16.5. The fraction of sp³-hybridized carbons (Fsp3) is 0.667. The predicted octanol–water partition coefficient (Wildman–Crippen LogP) is 2.64. The van der Waals surface area contributed by atoms with Gasteiger partial charge >= 0.3 is 0 Å². The van der Waals surface area contributed by atoms with E-state index in [0.717, 1.165) is 24.3 Å². The second kappa shape index (κ2) is 6.30. The summed E-state index contributed by atoms with van der Waals surface area (Å²) >= 11 is 0. The maximum atomic E-state index is 5.63. The van der Waals surface area contributed by atoms with Crippen molar-refractivity contribution < 1.29 is 4.74 Å². The number of rotatable bonds is 6. The Hall–Kier alpha value is -1.32. The molecule has 4 nitrogen and oxygen atoms in total. The summed E-state index contributed by atoms with van der Waals surface area (Å²) in [5.41, 5.74) is 0.983. The van der Waals surface area contributed by atoms with E-state index in [1.807, 2.05) is 6.92 Å². The molecule has 0 fully saturated rings. The summed E-state index contributed by atoms with van der Waals surface area (Å²) < 4.78 is 5.63. The molecule has 1 aromatic rings. The maximum absolute atomic E-state index is 5.63. The van der Waals surface area contributed by atoms with Gasteiger partial charge in [-0.15, -0.1) is 0 Å². The average Bonchev–Trinajstić information content (AvgIpc) is 2.26. The van der Waals surface area contributed by atoms with Gasteiger partial charge in [0.05, 0.1) is 12.2 Å². The number of nitrogens with zero attached hydrogens (tertiary/aromatic N) is 2. The van der Waals surface area contributed by atoms with Gasteiger partial charge in [0.25, 0.3) is 0 Å². The summed E-state index contributed by atoms with van der Waals surface area (Å²) in [4.78, 5) is 8.35. The van der Waals surface area contributed by atoms with Crippen LogP contribution in [0.1, 0.15) is 32.8 Å². The van der Waals surface area contributed by atoms with Crippen molar-refractivity contribution in [1.82, 2.24) is 9.97 Å². The number of hydrogen-bond donors (Lipinski definition) is 1. The Kier molecular flexibility index (Phi) is 5.02. The molecule has 0 spiro atoms. The number of aromatic nitrogens is 2. The number of hydrogen-bond acceptors (Lipinski definition) is 4. The van der Waals surface area contributed by atoms with E-state index in [0.29, 0.717) is 18.4 Å². The van der Waals surface area contributed by atoms with Crippen LogP contribution in [0.25, 0.3) is 0 Å². The summed E-state index contributed by atoms with van der Waals surface area (Å²) in [6.07, 6.45) is 2.62. The zero-order valence-corrected chi connectivity index (χ0v) is 10.6. The zero-order chi connectivity index (χ0) is 12.0. The van der Waals surface area contributed by atoms with Crippen molar-refractivity contribution in [3.05, 3.63) is 11.9 Å². The number of ether oxygens (including phenoxy) is 1. The molecule has 1 rings (SSSR count). The summed E-state index contributed by atoms with van der Waals surface area (Å²) in [6, 6.07) is 0. The second-order valence-electron chi connectivity index (χ2n) is 4.28. The second-order valence-corrected chi connectivity index (χ2v) is 4.28. The van der Waals surface area contributed by atoms with E-state index in [2.05, 4.69) is 36.1 Å². The molecule has 0 aliphatic carbocycles. The SMILES string of the molecule is CCCNc1ncnc(OCC(C)C)c1C. The lowest BCUT2D eigenvalue weighted by atomic mass is 10.2. The van der Waals surface area contributed by atoms with Gasteiger partial charge in [0, 0.05) is 6.54 Å². The molecule has 0 unspecified atom stereocenters. The van der Waals surface area contributed by atoms with Crippen molar-refractivity contribution in [2.75, 3.05) is 18.5 Å². The average molecular weight is 223 g/mol. The van der Waals surface area contributed by atoms with E-state index in [9.17, 15) is 0 Å². The molecule has 90 valence electrons. The Bertz CT molecular complexity index is 326. The molecule has 0 aliphatic heterocycles. The van der Waals surface area contributed by atoms with Gasteiger partial charge in [-0.2, -0.15) is 0 Å². The van der Waals surface area contributed by atoms with Gasteiger partial charge in [0.2, 0.25) is 5.88 Å². The monoisotopic (exact) mass is 223 g/mol. The van der Waals surface area contributed by atoms with E-state index < -0.39 is 0 Å². The third-order valence-corrected chi connectivity index (χ3v) is 2.13. The Morgan fingerprint density at radius 3 is 2.75 bits per heavy atom. The molecule has 0 bridgehead atoms. The minimum absolute atomic E-state index is 0.501. The Morgan fingerprint density at radius 2 is 2.12 bits per heavy atom. The Labute approximate surface area is 97.5 Å². The lowest BCUT2D eigenvalue weighted by Crippen LogP contribution is -2.10. The molecule has 0 atom stereocenters. The highest BCUT2D eigenvalue weighted by molar-refractivity contribution is 5.47. The smallest absolute Gasteiger partial charge is 0.221 e. The summed E-state index contributed by atoms with van der Waals surface area (Å²) in [6.45, 7) is 9.94. The van der Waals surface area contributed by atoms with Crippen LogP contribution in [0.15, 0.2) is 6.33 Å². The van der Waals surface area contributed by atoms with E-state index in [1.54, 1.807) is 6.33 Å². The highest BCUT2D eigenvalue weighted by Crippen LogP contribution is 2.20. The van der Waals surface area contributed by atoms with Gasteiger partial charge < -0.3 is 10.1 Å². The minimum Gasteiger partial charge on any atom is -0.477 e. The first-order valence-electron chi connectivity index (χ1n) is 5.83. The molecule has 0 amide bonds. The predicted molar refractivity (Wildman–Crippen MR) is 65.9 cm³/mol. The topological polar surface area (TPSA) is 47.0 Å². The van der Waals surface area contributed by atoms with E-state index in [4.69, 9.17) is 4.74 Å². The van der Waals surface area contributed by atoms with E-state index >= 15 is 0 Å². The molecule has 0 saturated carbocycles. The fourth-order valence-corrected chi connectivity index (χ4v) is 1.25. The first kappa shape index (κ1) is 12.7. The summed E-state index contributed by atoms with van der Waals surface area (Å²) in [7, 11) is 0. The maximum Gasteiger partial charge on any atom is 0.221 e. The van der Waals surface area contributed by atoms with Crippen molar-refractivity contribution in [3.63, 3.8) is 0 Å². The van der Waals surface area contributed by atoms with Crippen LogP contribution in [-0.2, 0) is 0 Å². The third-order valence-electron chi connectivity index (χ3n) is 2.13. The Morgan fingerprint density at radius 1 is 1.38 bits per heavy atom. The number of nitrogens with one attached hydrogen (secondary N) is 1. The van der Waals surface area contributed by atoms with Gasteiger partial charge in [-0.25, -0.2) is 9.97 Å². The van der Waals surface area contributed by atoms with Crippen LogP contribution in [0, 0.1) is 12.8 Å². The number of anilines is 1. The Balaban J connectivity index is 2.70. The van der Waals surface area contributed by atoms with Crippen LogP contribution in [-0.4, -0.2) is 23.1 Å². The third kappa shape index (κ3) is 3.68. The summed E-state index contributed by atoms with van der Waals surface area (Å²) in [5, 5.41) is 3.26. The normalized spacial score (nSPS) is 10.6. The first-order chi connectivity index (χ1) is 7.65. The fourth-order valence-electron chi connectivity index (χ4n) is 1.25. The van der Waals surface area contributed by atoms with Gasteiger partial charge in [0.1, 0.15) is 12.1 Å². The van der Waals surface area contributed by atoms with Gasteiger partial charge in [-0.05, 0) is 19.3 Å². The molecule has 1 N–H and O–H groups in total. The molecule has 4 heteroatoms.